The number of carbonyl (C=O) groups is 2. The number of halogens is 1. The summed E-state index contributed by atoms with van der Waals surface area (Å²) in [4.78, 5) is 26.3. The van der Waals surface area contributed by atoms with Crippen LogP contribution in [-0.2, 0) is 22.6 Å². The average Bonchev–Trinajstić information content (AvgIpc) is 2.79. The summed E-state index contributed by atoms with van der Waals surface area (Å²) in [5.74, 6) is -0.443. The number of anilines is 1. The molecular weight excluding hydrogens is 422 g/mol. The van der Waals surface area contributed by atoms with Crippen LogP contribution >= 0.6 is 12.4 Å². The fourth-order valence-electron chi connectivity index (χ4n) is 3.99. The molecule has 1 aliphatic heterocycles. The van der Waals surface area contributed by atoms with Gasteiger partial charge in [0.05, 0.1) is 6.04 Å². The van der Waals surface area contributed by atoms with Crippen LogP contribution < -0.4 is 16.0 Å². The normalized spacial score (nSPS) is 15.6. The predicted molar refractivity (Wildman–Crippen MR) is 130 cm³/mol. The van der Waals surface area contributed by atoms with Gasteiger partial charge in [-0.3, -0.25) is 9.59 Å². The van der Waals surface area contributed by atoms with Crippen molar-refractivity contribution in [2.24, 2.45) is 0 Å². The first-order valence-corrected chi connectivity index (χ1v) is 10.5. The maximum atomic E-state index is 13.2. The fourth-order valence-corrected chi connectivity index (χ4v) is 3.99. The summed E-state index contributed by atoms with van der Waals surface area (Å²) < 4.78 is 0. The summed E-state index contributed by atoms with van der Waals surface area (Å²) in [5, 5.41) is 9.25. The molecule has 0 spiro atoms. The highest BCUT2D eigenvalue weighted by molar-refractivity contribution is 5.99. The molecule has 1 heterocycles. The van der Waals surface area contributed by atoms with Crippen molar-refractivity contribution < 1.29 is 9.59 Å². The molecule has 0 saturated carbocycles. The monoisotopic (exact) mass is 449 g/mol. The lowest BCUT2D eigenvalue weighted by Crippen LogP contribution is -2.50. The van der Waals surface area contributed by atoms with E-state index in [2.05, 4.69) is 28.1 Å². The Hall–Kier alpha value is -3.15. The number of aryl methyl sites for hydroxylation is 2. The standard InChI is InChI=1S/C26H27N3O2.ClH/c1-17-12-13-22(18(2)14-17)28-26(31)24(19-8-4-3-5-9-19)29-25(30)23-15-20-10-6-7-11-21(20)16-27-23;/h3-14,23-24,27H,15-16H2,1-2H3,(H,28,31)(H,29,30);1H/t23-,24+;/m0./s1. The lowest BCUT2D eigenvalue weighted by atomic mass is 9.95. The van der Waals surface area contributed by atoms with Crippen molar-refractivity contribution in [3.05, 3.63) is 101 Å². The first-order valence-electron chi connectivity index (χ1n) is 10.5. The van der Waals surface area contributed by atoms with E-state index in [9.17, 15) is 9.59 Å². The minimum Gasteiger partial charge on any atom is -0.339 e. The highest BCUT2D eigenvalue weighted by atomic mass is 35.5. The molecule has 5 nitrogen and oxygen atoms in total. The number of benzene rings is 3. The van der Waals surface area contributed by atoms with Crippen molar-refractivity contribution in [3.8, 4) is 0 Å². The second-order valence-electron chi connectivity index (χ2n) is 8.07. The van der Waals surface area contributed by atoms with E-state index in [4.69, 9.17) is 0 Å². The molecule has 32 heavy (non-hydrogen) atoms. The number of nitrogens with one attached hydrogen (secondary N) is 3. The van der Waals surface area contributed by atoms with Crippen molar-refractivity contribution in [1.82, 2.24) is 10.6 Å². The molecule has 166 valence electrons. The quantitative estimate of drug-likeness (QED) is 0.545. The molecule has 0 aliphatic carbocycles. The number of amides is 2. The molecule has 3 aromatic rings. The summed E-state index contributed by atoms with van der Waals surface area (Å²) in [6.45, 7) is 4.61. The Morgan fingerprint density at radius 2 is 1.62 bits per heavy atom. The van der Waals surface area contributed by atoms with Gasteiger partial charge in [-0.05, 0) is 48.6 Å². The van der Waals surface area contributed by atoms with E-state index in [0.717, 1.165) is 27.9 Å². The molecular formula is C26H28ClN3O2. The summed E-state index contributed by atoms with van der Waals surface area (Å²) in [7, 11) is 0. The zero-order valence-corrected chi connectivity index (χ0v) is 19.0. The van der Waals surface area contributed by atoms with Crippen LogP contribution in [0.4, 0.5) is 5.69 Å². The van der Waals surface area contributed by atoms with Gasteiger partial charge in [-0.25, -0.2) is 0 Å². The van der Waals surface area contributed by atoms with Crippen molar-refractivity contribution in [2.75, 3.05) is 5.32 Å². The number of hydrogen-bond acceptors (Lipinski definition) is 3. The van der Waals surface area contributed by atoms with Crippen LogP contribution in [0.5, 0.6) is 0 Å². The first kappa shape index (κ1) is 23.5. The molecule has 0 fully saturated rings. The molecule has 0 bridgehead atoms. The van der Waals surface area contributed by atoms with Crippen molar-refractivity contribution >= 4 is 29.9 Å². The van der Waals surface area contributed by atoms with Gasteiger partial charge >= 0.3 is 0 Å². The number of carbonyl (C=O) groups excluding carboxylic acids is 2. The van der Waals surface area contributed by atoms with E-state index in [1.165, 1.54) is 5.56 Å². The minimum atomic E-state index is -0.784. The van der Waals surface area contributed by atoms with Gasteiger partial charge in [0.25, 0.3) is 5.91 Å². The van der Waals surface area contributed by atoms with E-state index in [1.54, 1.807) is 0 Å². The van der Waals surface area contributed by atoms with Gasteiger partial charge in [0.2, 0.25) is 5.91 Å². The third kappa shape index (κ3) is 5.36. The molecule has 1 aliphatic rings. The van der Waals surface area contributed by atoms with Crippen molar-refractivity contribution in [3.63, 3.8) is 0 Å². The van der Waals surface area contributed by atoms with Crippen LogP contribution in [0.3, 0.4) is 0 Å². The van der Waals surface area contributed by atoms with Gasteiger partial charge in [-0.2, -0.15) is 0 Å². The summed E-state index contributed by atoms with van der Waals surface area (Å²) >= 11 is 0. The molecule has 4 rings (SSSR count). The summed E-state index contributed by atoms with van der Waals surface area (Å²) in [6, 6.07) is 22.2. The Morgan fingerprint density at radius 3 is 2.34 bits per heavy atom. The first-order chi connectivity index (χ1) is 15.0. The molecule has 2 amide bonds. The second-order valence-corrected chi connectivity index (χ2v) is 8.07. The topological polar surface area (TPSA) is 70.2 Å². The third-order valence-corrected chi connectivity index (χ3v) is 5.72. The lowest BCUT2D eigenvalue weighted by molar-refractivity contribution is -0.128. The van der Waals surface area contributed by atoms with Gasteiger partial charge in [0, 0.05) is 12.2 Å². The van der Waals surface area contributed by atoms with Crippen LogP contribution in [0.1, 0.15) is 33.9 Å². The highest BCUT2D eigenvalue weighted by Crippen LogP contribution is 2.21. The maximum absolute atomic E-state index is 13.2. The fraction of sp³-hybridized carbons (Fsp3) is 0.231. The van der Waals surface area contributed by atoms with Crippen LogP contribution in [0.25, 0.3) is 0 Å². The van der Waals surface area contributed by atoms with E-state index in [0.29, 0.717) is 13.0 Å². The van der Waals surface area contributed by atoms with Crippen molar-refractivity contribution in [1.29, 1.82) is 0 Å². The Labute approximate surface area is 195 Å². The maximum Gasteiger partial charge on any atom is 0.251 e. The van der Waals surface area contributed by atoms with Gasteiger partial charge < -0.3 is 16.0 Å². The number of fused-ring (bicyclic) bond motifs is 1. The van der Waals surface area contributed by atoms with Crippen LogP contribution in [0.15, 0.2) is 72.8 Å². The van der Waals surface area contributed by atoms with E-state index in [-0.39, 0.29) is 30.3 Å². The van der Waals surface area contributed by atoms with E-state index in [1.807, 2.05) is 74.5 Å². The molecule has 0 unspecified atom stereocenters. The largest absolute Gasteiger partial charge is 0.339 e. The second kappa shape index (κ2) is 10.4. The van der Waals surface area contributed by atoms with Crippen molar-refractivity contribution in [2.45, 2.75) is 38.9 Å². The molecule has 0 saturated heterocycles. The molecule has 0 aromatic heterocycles. The molecule has 0 radical (unpaired) electrons. The molecule has 3 aromatic carbocycles. The molecule has 6 heteroatoms. The predicted octanol–water partition coefficient (Wildman–Crippen LogP) is 4.24. The van der Waals surface area contributed by atoms with E-state index >= 15 is 0 Å². The Morgan fingerprint density at radius 1 is 0.938 bits per heavy atom. The van der Waals surface area contributed by atoms with E-state index < -0.39 is 6.04 Å². The average molecular weight is 450 g/mol. The summed E-state index contributed by atoms with van der Waals surface area (Å²) in [5.41, 5.74) is 5.98. The Bertz CT molecular complexity index is 1100. The Balaban J connectivity index is 0.00000289. The minimum absolute atomic E-state index is 0. The highest BCUT2D eigenvalue weighted by Gasteiger charge is 2.29. The van der Waals surface area contributed by atoms with Gasteiger partial charge in [0.1, 0.15) is 6.04 Å². The lowest BCUT2D eigenvalue weighted by Gasteiger charge is -2.27. The summed E-state index contributed by atoms with van der Waals surface area (Å²) in [6.07, 6.45) is 0.599. The van der Waals surface area contributed by atoms with Gasteiger partial charge in [-0.1, -0.05) is 72.3 Å². The van der Waals surface area contributed by atoms with Crippen LogP contribution in [0.2, 0.25) is 0 Å². The molecule has 3 N–H and O–H groups in total. The van der Waals surface area contributed by atoms with Crippen LogP contribution in [0, 0.1) is 13.8 Å². The van der Waals surface area contributed by atoms with Gasteiger partial charge in [0.15, 0.2) is 0 Å². The SMILES string of the molecule is Cc1ccc(NC(=O)[C@H](NC(=O)[C@@H]2Cc3ccccc3CN2)c2ccccc2)c(C)c1.Cl. The zero-order chi connectivity index (χ0) is 21.8. The van der Waals surface area contributed by atoms with Gasteiger partial charge in [-0.15, -0.1) is 12.4 Å². The number of hydrogen-bond donors (Lipinski definition) is 3. The van der Waals surface area contributed by atoms with Crippen LogP contribution in [-0.4, -0.2) is 17.9 Å². The smallest absolute Gasteiger partial charge is 0.251 e. The molecule has 2 atom stereocenters. The zero-order valence-electron chi connectivity index (χ0n) is 18.2. The third-order valence-electron chi connectivity index (χ3n) is 5.72. The Kier molecular flexibility index (Phi) is 7.67. The number of rotatable bonds is 5.